The maximum Gasteiger partial charge on any atom is 0.253 e. The largest absolute Gasteiger partial charge is 0.497 e. The number of hydrogen-bond acceptors (Lipinski definition) is 4. The summed E-state index contributed by atoms with van der Waals surface area (Å²) in [5, 5.41) is 4.10. The van der Waals surface area contributed by atoms with E-state index in [9.17, 15) is 4.79 Å². The Morgan fingerprint density at radius 1 is 1.32 bits per heavy atom. The zero-order valence-electron chi connectivity index (χ0n) is 13.8. The van der Waals surface area contributed by atoms with E-state index in [0.29, 0.717) is 16.6 Å². The number of amides is 1. The predicted molar refractivity (Wildman–Crippen MR) is 108 cm³/mol. The number of pyridine rings is 1. The van der Waals surface area contributed by atoms with Gasteiger partial charge in [-0.25, -0.2) is 4.98 Å². The minimum Gasteiger partial charge on any atom is -0.497 e. The molecule has 1 aliphatic heterocycles. The second kappa shape index (κ2) is 8.23. The lowest BCUT2D eigenvalue weighted by molar-refractivity contribution is 0.0718. The Labute approximate surface area is 165 Å². The third kappa shape index (κ3) is 4.55. The van der Waals surface area contributed by atoms with Gasteiger partial charge in [0.05, 0.1) is 12.1 Å². The van der Waals surface area contributed by atoms with E-state index in [0.717, 1.165) is 41.1 Å². The highest BCUT2D eigenvalue weighted by atomic mass is 127. The molecule has 7 heteroatoms. The fourth-order valence-corrected chi connectivity index (χ4v) is 3.50. The van der Waals surface area contributed by atoms with Crippen molar-refractivity contribution in [1.29, 1.82) is 0 Å². The van der Waals surface area contributed by atoms with Crippen LogP contribution in [-0.2, 0) is 0 Å². The van der Waals surface area contributed by atoms with Gasteiger partial charge in [0.25, 0.3) is 5.91 Å². The molecule has 2 aromatic rings. The number of anilines is 1. The van der Waals surface area contributed by atoms with Crippen molar-refractivity contribution in [3.63, 3.8) is 0 Å². The van der Waals surface area contributed by atoms with Crippen molar-refractivity contribution in [1.82, 2.24) is 9.88 Å². The van der Waals surface area contributed by atoms with Gasteiger partial charge < -0.3 is 15.0 Å². The van der Waals surface area contributed by atoms with Gasteiger partial charge in [0.2, 0.25) is 0 Å². The van der Waals surface area contributed by atoms with Crippen molar-refractivity contribution < 1.29 is 9.53 Å². The van der Waals surface area contributed by atoms with E-state index in [-0.39, 0.29) is 5.91 Å². The Hall–Kier alpha value is -1.54. The highest BCUT2D eigenvalue weighted by molar-refractivity contribution is 14.1. The summed E-state index contributed by atoms with van der Waals surface area (Å²) in [6.07, 6.45) is 3.49. The SMILES string of the molecule is COc1ccnc(NC2CCN(C(=O)c3ccc(Cl)c(I)c3)CC2)c1. The third-order valence-electron chi connectivity index (χ3n) is 4.27. The smallest absolute Gasteiger partial charge is 0.253 e. The summed E-state index contributed by atoms with van der Waals surface area (Å²) in [5.41, 5.74) is 0.690. The number of halogens is 2. The lowest BCUT2D eigenvalue weighted by Gasteiger charge is -2.32. The summed E-state index contributed by atoms with van der Waals surface area (Å²) >= 11 is 8.18. The molecule has 132 valence electrons. The highest BCUT2D eigenvalue weighted by Crippen LogP contribution is 2.23. The minimum absolute atomic E-state index is 0.0625. The van der Waals surface area contributed by atoms with Gasteiger partial charge in [-0.05, 0) is 59.7 Å². The van der Waals surface area contributed by atoms with E-state index in [2.05, 4.69) is 32.9 Å². The Balaban J connectivity index is 1.57. The van der Waals surface area contributed by atoms with Crippen molar-refractivity contribution in [3.05, 3.63) is 50.7 Å². The van der Waals surface area contributed by atoms with Crippen molar-refractivity contribution in [2.45, 2.75) is 18.9 Å². The Morgan fingerprint density at radius 3 is 2.76 bits per heavy atom. The molecule has 2 heterocycles. The van der Waals surface area contributed by atoms with Gasteiger partial charge in [-0.2, -0.15) is 0 Å². The molecule has 1 aliphatic rings. The molecule has 3 rings (SSSR count). The zero-order chi connectivity index (χ0) is 17.8. The molecule has 1 amide bonds. The van der Waals surface area contributed by atoms with Crippen LogP contribution < -0.4 is 10.1 Å². The van der Waals surface area contributed by atoms with Gasteiger partial charge in [-0.15, -0.1) is 0 Å². The Morgan fingerprint density at radius 2 is 2.08 bits per heavy atom. The first-order chi connectivity index (χ1) is 12.1. The number of carbonyl (C=O) groups excluding carboxylic acids is 1. The quantitative estimate of drug-likeness (QED) is 0.683. The molecule has 0 spiro atoms. The van der Waals surface area contributed by atoms with Crippen molar-refractivity contribution >= 4 is 45.9 Å². The number of likely N-dealkylation sites (tertiary alicyclic amines) is 1. The van der Waals surface area contributed by atoms with Crippen LogP contribution in [0.3, 0.4) is 0 Å². The fourth-order valence-electron chi connectivity index (χ4n) is 2.86. The molecular weight excluding hydrogens is 453 g/mol. The average molecular weight is 472 g/mol. The lowest BCUT2D eigenvalue weighted by atomic mass is 10.0. The molecule has 1 aromatic carbocycles. The Kier molecular flexibility index (Phi) is 6.01. The van der Waals surface area contributed by atoms with Crippen LogP contribution in [0.2, 0.25) is 5.02 Å². The summed E-state index contributed by atoms with van der Waals surface area (Å²) in [4.78, 5) is 18.9. The number of piperidine rings is 1. The first-order valence-corrected chi connectivity index (χ1v) is 9.53. The number of hydrogen-bond donors (Lipinski definition) is 1. The predicted octanol–water partition coefficient (Wildman–Crippen LogP) is 4.06. The molecule has 0 unspecified atom stereocenters. The van der Waals surface area contributed by atoms with Gasteiger partial charge in [-0.1, -0.05) is 11.6 Å². The number of aromatic nitrogens is 1. The number of nitrogens with one attached hydrogen (secondary N) is 1. The van der Waals surface area contributed by atoms with Gasteiger partial charge in [0, 0.05) is 40.5 Å². The van der Waals surface area contributed by atoms with E-state index in [1.807, 2.05) is 23.1 Å². The summed E-state index contributed by atoms with van der Waals surface area (Å²) in [6, 6.07) is 9.41. The van der Waals surface area contributed by atoms with E-state index >= 15 is 0 Å². The van der Waals surface area contributed by atoms with E-state index in [4.69, 9.17) is 16.3 Å². The van der Waals surface area contributed by atoms with Crippen LogP contribution in [0.25, 0.3) is 0 Å². The number of rotatable bonds is 4. The second-order valence-electron chi connectivity index (χ2n) is 5.92. The van der Waals surface area contributed by atoms with Crippen molar-refractivity contribution in [3.8, 4) is 5.75 Å². The summed E-state index contributed by atoms with van der Waals surface area (Å²) in [5.74, 6) is 1.64. The number of nitrogens with zero attached hydrogens (tertiary/aromatic N) is 2. The maximum absolute atomic E-state index is 12.6. The molecule has 0 atom stereocenters. The van der Waals surface area contributed by atoms with Crippen LogP contribution in [0.5, 0.6) is 5.75 Å². The maximum atomic E-state index is 12.6. The molecule has 1 saturated heterocycles. The molecule has 0 saturated carbocycles. The van der Waals surface area contributed by atoms with Crippen LogP contribution in [-0.4, -0.2) is 42.0 Å². The van der Waals surface area contributed by atoms with E-state index < -0.39 is 0 Å². The average Bonchev–Trinajstić information content (AvgIpc) is 2.64. The second-order valence-corrected chi connectivity index (χ2v) is 7.49. The topological polar surface area (TPSA) is 54.5 Å². The van der Waals surface area contributed by atoms with E-state index in [1.165, 1.54) is 0 Å². The summed E-state index contributed by atoms with van der Waals surface area (Å²) in [7, 11) is 1.64. The zero-order valence-corrected chi connectivity index (χ0v) is 16.8. The van der Waals surface area contributed by atoms with Crippen LogP contribution >= 0.6 is 34.2 Å². The molecule has 25 heavy (non-hydrogen) atoms. The minimum atomic E-state index is 0.0625. The van der Waals surface area contributed by atoms with Crippen LogP contribution in [0.4, 0.5) is 5.82 Å². The van der Waals surface area contributed by atoms with Crippen molar-refractivity contribution in [2.75, 3.05) is 25.5 Å². The molecule has 0 aliphatic carbocycles. The standard InChI is InChI=1S/C18H19ClIN3O2/c1-25-14-4-7-21-17(11-14)22-13-5-8-23(9-6-13)18(24)12-2-3-15(19)16(20)10-12/h2-4,7,10-11,13H,5-6,8-9H2,1H3,(H,21,22). The molecule has 1 fully saturated rings. The summed E-state index contributed by atoms with van der Waals surface area (Å²) in [6.45, 7) is 1.44. The van der Waals surface area contributed by atoms with Crippen LogP contribution in [0.15, 0.2) is 36.5 Å². The molecule has 1 N–H and O–H groups in total. The van der Waals surface area contributed by atoms with Gasteiger partial charge in [-0.3, -0.25) is 4.79 Å². The van der Waals surface area contributed by atoms with Crippen molar-refractivity contribution in [2.24, 2.45) is 0 Å². The highest BCUT2D eigenvalue weighted by Gasteiger charge is 2.24. The normalized spacial score (nSPS) is 15.1. The lowest BCUT2D eigenvalue weighted by Crippen LogP contribution is -2.42. The molecule has 5 nitrogen and oxygen atoms in total. The first kappa shape index (κ1) is 18.3. The molecular formula is C18H19ClIN3O2. The third-order valence-corrected chi connectivity index (χ3v) is 5.81. The monoisotopic (exact) mass is 471 g/mol. The van der Waals surface area contributed by atoms with Gasteiger partial charge in [0.15, 0.2) is 0 Å². The Bertz CT molecular complexity index is 764. The fraction of sp³-hybridized carbons (Fsp3) is 0.333. The molecule has 1 aromatic heterocycles. The number of methoxy groups -OCH3 is 1. The van der Waals surface area contributed by atoms with Gasteiger partial charge >= 0.3 is 0 Å². The van der Waals surface area contributed by atoms with Crippen LogP contribution in [0, 0.1) is 3.57 Å². The molecule has 0 bridgehead atoms. The number of carbonyl (C=O) groups is 1. The first-order valence-electron chi connectivity index (χ1n) is 8.07. The number of benzene rings is 1. The van der Waals surface area contributed by atoms with Gasteiger partial charge in [0.1, 0.15) is 11.6 Å². The van der Waals surface area contributed by atoms with Crippen LogP contribution in [0.1, 0.15) is 23.2 Å². The molecule has 0 radical (unpaired) electrons. The van der Waals surface area contributed by atoms with E-state index in [1.54, 1.807) is 25.4 Å². The number of ether oxygens (including phenoxy) is 1. The summed E-state index contributed by atoms with van der Waals surface area (Å²) < 4.78 is 6.11.